The van der Waals surface area contributed by atoms with Crippen LogP contribution in [0.5, 0.6) is 0 Å². The molecule has 0 saturated heterocycles. The molecule has 1 aliphatic rings. The Morgan fingerprint density at radius 3 is 2.72 bits per heavy atom. The van der Waals surface area contributed by atoms with E-state index in [-0.39, 0.29) is 6.54 Å². The van der Waals surface area contributed by atoms with Crippen LogP contribution < -0.4 is 0 Å². The van der Waals surface area contributed by atoms with E-state index in [2.05, 4.69) is 4.98 Å². The van der Waals surface area contributed by atoms with Crippen LogP contribution in [0.15, 0.2) is 12.3 Å². The zero-order chi connectivity index (χ0) is 13.5. The monoisotopic (exact) mass is 252 g/mol. The molecule has 2 rings (SSSR count). The molecule has 18 heavy (non-hydrogen) atoms. The molecule has 0 fully saturated rings. The number of nitrogens with zero attached hydrogens (tertiary/aromatic N) is 1. The van der Waals surface area contributed by atoms with Gasteiger partial charge in [0.1, 0.15) is 5.60 Å². The highest BCUT2D eigenvalue weighted by atomic mass is 16.6. The second kappa shape index (κ2) is 4.04. The number of carboxylic acid groups (broad SMARTS) is 1. The molecule has 0 aliphatic carbocycles. The van der Waals surface area contributed by atoms with Gasteiger partial charge in [0, 0.05) is 17.5 Å². The smallest absolute Gasteiger partial charge is 0.411 e. The fraction of sp³-hybridized carbons (Fsp3) is 0.500. The minimum absolute atomic E-state index is 0.230. The Hall–Kier alpha value is -1.98. The largest absolute Gasteiger partial charge is 0.479 e. The summed E-state index contributed by atoms with van der Waals surface area (Å²) >= 11 is 0. The first-order valence-corrected chi connectivity index (χ1v) is 5.68. The van der Waals surface area contributed by atoms with E-state index in [1.807, 2.05) is 0 Å². The van der Waals surface area contributed by atoms with Gasteiger partial charge < -0.3 is 14.8 Å². The van der Waals surface area contributed by atoms with Crippen LogP contribution >= 0.6 is 0 Å². The molecular formula is C12H16N2O4. The molecule has 1 aromatic rings. The molecule has 1 aromatic heterocycles. The lowest BCUT2D eigenvalue weighted by molar-refractivity contribution is -0.143. The summed E-state index contributed by atoms with van der Waals surface area (Å²) in [6.45, 7) is 5.47. The first kappa shape index (κ1) is 12.5. The Morgan fingerprint density at radius 1 is 1.50 bits per heavy atom. The van der Waals surface area contributed by atoms with Gasteiger partial charge in [-0.25, -0.2) is 9.59 Å². The van der Waals surface area contributed by atoms with E-state index < -0.39 is 23.7 Å². The fourth-order valence-electron chi connectivity index (χ4n) is 2.00. The van der Waals surface area contributed by atoms with E-state index in [1.54, 1.807) is 33.0 Å². The first-order chi connectivity index (χ1) is 8.29. The lowest BCUT2D eigenvalue weighted by Gasteiger charge is -2.26. The topological polar surface area (TPSA) is 82.6 Å². The average Bonchev–Trinajstić information content (AvgIpc) is 2.70. The molecule has 0 aromatic carbocycles. The van der Waals surface area contributed by atoms with Crippen LogP contribution in [0, 0.1) is 0 Å². The summed E-state index contributed by atoms with van der Waals surface area (Å²) in [4.78, 5) is 27.4. The number of amides is 1. The minimum Gasteiger partial charge on any atom is -0.479 e. The van der Waals surface area contributed by atoms with Gasteiger partial charge in [0.15, 0.2) is 6.04 Å². The molecule has 2 heterocycles. The third-order valence-electron chi connectivity index (χ3n) is 2.67. The van der Waals surface area contributed by atoms with Crippen LogP contribution in [-0.4, -0.2) is 32.7 Å². The number of aliphatic carboxylic acids is 1. The zero-order valence-corrected chi connectivity index (χ0v) is 10.6. The number of H-pyrrole nitrogens is 1. The Balaban J connectivity index is 2.23. The number of hydrogen-bond acceptors (Lipinski definition) is 3. The standard InChI is InChI=1S/C12H16N2O4/c1-12(2,3)18-11(17)14-6-8-7(4-5-13-8)9(14)10(15)16/h4-5,9,13H,6H2,1-3H3,(H,15,16)/t9-/m0/s1. The number of carboxylic acids is 1. The molecule has 2 N–H and O–H groups in total. The molecule has 0 saturated carbocycles. The SMILES string of the molecule is CC(C)(C)OC(=O)N1Cc2[nH]ccc2[C@H]1C(=O)O. The molecule has 6 nitrogen and oxygen atoms in total. The van der Waals surface area contributed by atoms with Gasteiger partial charge in [-0.3, -0.25) is 4.90 Å². The van der Waals surface area contributed by atoms with E-state index in [4.69, 9.17) is 4.74 Å². The molecule has 1 amide bonds. The number of hydrogen-bond donors (Lipinski definition) is 2. The zero-order valence-electron chi connectivity index (χ0n) is 10.6. The van der Waals surface area contributed by atoms with Crippen molar-refractivity contribution in [1.82, 2.24) is 9.88 Å². The van der Waals surface area contributed by atoms with Gasteiger partial charge in [-0.15, -0.1) is 0 Å². The second-order valence-electron chi connectivity index (χ2n) is 5.26. The Labute approximate surface area is 105 Å². The van der Waals surface area contributed by atoms with Crippen LogP contribution in [0.4, 0.5) is 4.79 Å². The lowest BCUT2D eigenvalue weighted by Crippen LogP contribution is -2.38. The maximum absolute atomic E-state index is 12.0. The van der Waals surface area contributed by atoms with Crippen LogP contribution in [0.25, 0.3) is 0 Å². The van der Waals surface area contributed by atoms with Crippen LogP contribution in [0.3, 0.4) is 0 Å². The Bertz CT molecular complexity index is 487. The van der Waals surface area contributed by atoms with Gasteiger partial charge in [-0.2, -0.15) is 0 Å². The summed E-state index contributed by atoms with van der Waals surface area (Å²) in [6, 6.07) is 0.708. The van der Waals surface area contributed by atoms with E-state index in [0.717, 1.165) is 5.69 Å². The molecule has 0 radical (unpaired) electrons. The third kappa shape index (κ3) is 2.18. The van der Waals surface area contributed by atoms with Crippen LogP contribution in [-0.2, 0) is 16.1 Å². The number of aromatic nitrogens is 1. The van der Waals surface area contributed by atoms with Crippen molar-refractivity contribution < 1.29 is 19.4 Å². The minimum atomic E-state index is -1.06. The Morgan fingerprint density at radius 2 is 2.17 bits per heavy atom. The molecule has 1 atom stereocenters. The third-order valence-corrected chi connectivity index (χ3v) is 2.67. The Kier molecular flexibility index (Phi) is 2.80. The molecule has 0 unspecified atom stereocenters. The quantitative estimate of drug-likeness (QED) is 0.799. The van der Waals surface area contributed by atoms with Crippen molar-refractivity contribution in [3.05, 3.63) is 23.5 Å². The van der Waals surface area contributed by atoms with Crippen molar-refractivity contribution in [2.24, 2.45) is 0 Å². The summed E-state index contributed by atoms with van der Waals surface area (Å²) in [5.74, 6) is -1.06. The van der Waals surface area contributed by atoms with Crippen LogP contribution in [0.1, 0.15) is 38.1 Å². The number of fused-ring (bicyclic) bond motifs is 1. The number of carbonyl (C=O) groups is 2. The second-order valence-corrected chi connectivity index (χ2v) is 5.26. The van der Waals surface area contributed by atoms with Gasteiger partial charge in [0.25, 0.3) is 0 Å². The van der Waals surface area contributed by atoms with E-state index in [0.29, 0.717) is 5.56 Å². The normalized spacial score (nSPS) is 18.6. The molecule has 6 heteroatoms. The van der Waals surface area contributed by atoms with Gasteiger partial charge >= 0.3 is 12.1 Å². The van der Waals surface area contributed by atoms with Crippen molar-refractivity contribution in [2.75, 3.05) is 0 Å². The number of rotatable bonds is 1. The summed E-state index contributed by atoms with van der Waals surface area (Å²) in [7, 11) is 0. The van der Waals surface area contributed by atoms with E-state index in [1.165, 1.54) is 4.90 Å². The average molecular weight is 252 g/mol. The summed E-state index contributed by atoms with van der Waals surface area (Å²) in [6.07, 6.45) is 1.06. The number of aromatic amines is 1. The van der Waals surface area contributed by atoms with Crippen molar-refractivity contribution in [1.29, 1.82) is 0 Å². The van der Waals surface area contributed by atoms with Gasteiger partial charge in [-0.05, 0) is 26.8 Å². The van der Waals surface area contributed by atoms with Gasteiger partial charge in [0.2, 0.25) is 0 Å². The van der Waals surface area contributed by atoms with Crippen molar-refractivity contribution >= 4 is 12.1 Å². The maximum Gasteiger partial charge on any atom is 0.411 e. The van der Waals surface area contributed by atoms with Crippen LogP contribution in [0.2, 0.25) is 0 Å². The first-order valence-electron chi connectivity index (χ1n) is 5.68. The summed E-state index contributed by atoms with van der Waals surface area (Å²) in [5, 5.41) is 9.23. The molecule has 98 valence electrons. The van der Waals surface area contributed by atoms with E-state index in [9.17, 15) is 14.7 Å². The highest BCUT2D eigenvalue weighted by molar-refractivity contribution is 5.83. The number of nitrogens with one attached hydrogen (secondary N) is 1. The van der Waals surface area contributed by atoms with Gasteiger partial charge in [-0.1, -0.05) is 0 Å². The highest BCUT2D eigenvalue weighted by Gasteiger charge is 2.41. The molecule has 0 spiro atoms. The van der Waals surface area contributed by atoms with E-state index >= 15 is 0 Å². The summed E-state index contributed by atoms with van der Waals surface area (Å²) in [5.41, 5.74) is 0.720. The predicted octanol–water partition coefficient (Wildman–Crippen LogP) is 1.89. The van der Waals surface area contributed by atoms with Crippen molar-refractivity contribution in [3.8, 4) is 0 Å². The van der Waals surface area contributed by atoms with Gasteiger partial charge in [0.05, 0.1) is 6.54 Å². The molecule has 0 bridgehead atoms. The van der Waals surface area contributed by atoms with Crippen molar-refractivity contribution in [2.45, 2.75) is 39.0 Å². The molecular weight excluding hydrogens is 236 g/mol. The maximum atomic E-state index is 12.0. The highest BCUT2D eigenvalue weighted by Crippen LogP contribution is 2.34. The number of ether oxygens (including phenoxy) is 1. The lowest BCUT2D eigenvalue weighted by atomic mass is 10.1. The fourth-order valence-corrected chi connectivity index (χ4v) is 2.00. The number of carbonyl (C=O) groups excluding carboxylic acids is 1. The van der Waals surface area contributed by atoms with Crippen molar-refractivity contribution in [3.63, 3.8) is 0 Å². The molecule has 1 aliphatic heterocycles. The predicted molar refractivity (Wildman–Crippen MR) is 62.9 cm³/mol. The summed E-state index contributed by atoms with van der Waals surface area (Å²) < 4.78 is 5.21.